The fourth-order valence-corrected chi connectivity index (χ4v) is 2.43. The van der Waals surface area contributed by atoms with E-state index in [1.54, 1.807) is 20.3 Å². The number of hydrogen-bond acceptors (Lipinski definition) is 4. The van der Waals surface area contributed by atoms with Gasteiger partial charge in [-0.15, -0.1) is 11.3 Å². The second kappa shape index (κ2) is 7.01. The third-order valence-corrected chi connectivity index (χ3v) is 3.60. The van der Waals surface area contributed by atoms with Gasteiger partial charge in [-0.1, -0.05) is 0 Å². The minimum Gasteiger partial charge on any atom is -0.382 e. The average molecular weight is 308 g/mol. The summed E-state index contributed by atoms with van der Waals surface area (Å²) in [5.74, 6) is -0.0890. The molecule has 1 N–H and O–H groups in total. The number of thiophene rings is 1. The van der Waals surface area contributed by atoms with Crippen molar-refractivity contribution in [3.63, 3.8) is 0 Å². The minimum atomic E-state index is -0.114. The van der Waals surface area contributed by atoms with Crippen molar-refractivity contribution in [3.05, 3.63) is 20.8 Å². The summed E-state index contributed by atoms with van der Waals surface area (Å²) in [5.41, 5.74) is 0. The topological polar surface area (TPSA) is 47.6 Å². The van der Waals surface area contributed by atoms with Crippen molar-refractivity contribution in [3.8, 4) is 0 Å². The van der Waals surface area contributed by atoms with Gasteiger partial charge in [-0.05, 0) is 28.1 Å². The van der Waals surface area contributed by atoms with E-state index in [0.717, 1.165) is 3.79 Å². The van der Waals surface area contributed by atoms with E-state index in [-0.39, 0.29) is 12.0 Å². The SMILES string of the molecule is COCC(CNC(=O)c1ccc(Br)s1)OC. The van der Waals surface area contributed by atoms with Gasteiger partial charge in [0.25, 0.3) is 5.91 Å². The lowest BCUT2D eigenvalue weighted by Gasteiger charge is -2.14. The summed E-state index contributed by atoms with van der Waals surface area (Å²) in [7, 11) is 3.20. The summed E-state index contributed by atoms with van der Waals surface area (Å²) < 4.78 is 11.0. The number of methoxy groups -OCH3 is 2. The van der Waals surface area contributed by atoms with Crippen molar-refractivity contribution in [2.24, 2.45) is 0 Å². The molecule has 1 rings (SSSR count). The normalized spacial score (nSPS) is 12.4. The summed E-state index contributed by atoms with van der Waals surface area (Å²) in [4.78, 5) is 12.3. The minimum absolute atomic E-state index is 0.0890. The van der Waals surface area contributed by atoms with Crippen molar-refractivity contribution < 1.29 is 14.3 Å². The molecule has 1 atom stereocenters. The van der Waals surface area contributed by atoms with Gasteiger partial charge in [0.1, 0.15) is 0 Å². The Morgan fingerprint density at radius 1 is 1.56 bits per heavy atom. The Bertz CT molecular complexity index is 343. The molecule has 0 aliphatic rings. The molecule has 16 heavy (non-hydrogen) atoms. The lowest BCUT2D eigenvalue weighted by atomic mass is 10.3. The second-order valence-electron chi connectivity index (χ2n) is 3.13. The number of hydrogen-bond donors (Lipinski definition) is 1. The maximum atomic E-state index is 11.7. The molecular formula is C10H14BrNO3S. The van der Waals surface area contributed by atoms with Gasteiger partial charge in [0.05, 0.1) is 21.4 Å². The predicted octanol–water partition coefficient (Wildman–Crippen LogP) is 1.90. The first kappa shape index (κ1) is 13.6. The summed E-state index contributed by atoms with van der Waals surface area (Å²) in [6.45, 7) is 0.906. The predicted molar refractivity (Wildman–Crippen MR) is 67.0 cm³/mol. The standard InChI is InChI=1S/C10H14BrNO3S/c1-14-6-7(15-2)5-12-10(13)8-3-4-9(11)16-8/h3-4,7H,5-6H2,1-2H3,(H,12,13). The highest BCUT2D eigenvalue weighted by Crippen LogP contribution is 2.21. The third kappa shape index (κ3) is 4.21. The maximum Gasteiger partial charge on any atom is 0.261 e. The molecule has 1 aromatic heterocycles. The van der Waals surface area contributed by atoms with Gasteiger partial charge in [0.15, 0.2) is 0 Å². The first-order chi connectivity index (χ1) is 7.67. The second-order valence-corrected chi connectivity index (χ2v) is 5.59. The molecule has 0 spiro atoms. The van der Waals surface area contributed by atoms with Gasteiger partial charge in [0, 0.05) is 20.8 Å². The van der Waals surface area contributed by atoms with Crippen LogP contribution < -0.4 is 5.32 Å². The number of amides is 1. The highest BCUT2D eigenvalue weighted by atomic mass is 79.9. The number of carbonyl (C=O) groups is 1. The first-order valence-corrected chi connectivity index (χ1v) is 6.33. The van der Waals surface area contributed by atoms with E-state index in [4.69, 9.17) is 9.47 Å². The van der Waals surface area contributed by atoms with Crippen LogP contribution in [-0.2, 0) is 9.47 Å². The first-order valence-electron chi connectivity index (χ1n) is 4.72. The quantitative estimate of drug-likeness (QED) is 0.873. The number of carbonyl (C=O) groups excluding carboxylic acids is 1. The average Bonchev–Trinajstić information content (AvgIpc) is 2.70. The van der Waals surface area contributed by atoms with Crippen LogP contribution in [0.4, 0.5) is 0 Å². The van der Waals surface area contributed by atoms with Crippen LogP contribution in [0.1, 0.15) is 9.67 Å². The monoisotopic (exact) mass is 307 g/mol. The molecule has 4 nitrogen and oxygen atoms in total. The Balaban J connectivity index is 2.40. The van der Waals surface area contributed by atoms with Crippen molar-refractivity contribution in [2.45, 2.75) is 6.10 Å². The molecule has 0 bridgehead atoms. The Labute approximate surface area is 107 Å². The van der Waals surface area contributed by atoms with Crippen LogP contribution >= 0.6 is 27.3 Å². The molecule has 0 aliphatic carbocycles. The van der Waals surface area contributed by atoms with Crippen LogP contribution in [0, 0.1) is 0 Å². The van der Waals surface area contributed by atoms with Gasteiger partial charge >= 0.3 is 0 Å². The molecule has 0 fully saturated rings. The van der Waals surface area contributed by atoms with Crippen LogP contribution in [0.2, 0.25) is 0 Å². The van der Waals surface area contributed by atoms with Crippen molar-refractivity contribution in [1.29, 1.82) is 0 Å². The van der Waals surface area contributed by atoms with Crippen LogP contribution in [-0.4, -0.2) is 39.4 Å². The number of halogens is 1. The molecule has 0 saturated carbocycles. The Hall–Kier alpha value is -0.430. The van der Waals surface area contributed by atoms with Crippen LogP contribution in [0.15, 0.2) is 15.9 Å². The molecule has 1 heterocycles. The van der Waals surface area contributed by atoms with E-state index >= 15 is 0 Å². The van der Waals surface area contributed by atoms with Gasteiger partial charge < -0.3 is 14.8 Å². The number of ether oxygens (including phenoxy) is 2. The van der Waals surface area contributed by atoms with Crippen molar-refractivity contribution in [1.82, 2.24) is 5.32 Å². The van der Waals surface area contributed by atoms with Crippen LogP contribution in [0.5, 0.6) is 0 Å². The van der Waals surface area contributed by atoms with E-state index in [1.165, 1.54) is 11.3 Å². The molecule has 0 aromatic carbocycles. The summed E-state index contributed by atoms with van der Waals surface area (Å²) in [5, 5.41) is 2.79. The Morgan fingerprint density at radius 3 is 2.81 bits per heavy atom. The van der Waals surface area contributed by atoms with Crippen LogP contribution in [0.25, 0.3) is 0 Å². The van der Waals surface area contributed by atoms with E-state index < -0.39 is 0 Å². The summed E-state index contributed by atoms with van der Waals surface area (Å²) in [6.07, 6.45) is -0.114. The van der Waals surface area contributed by atoms with Crippen LogP contribution in [0.3, 0.4) is 0 Å². The van der Waals surface area contributed by atoms with E-state index in [9.17, 15) is 4.79 Å². The fraction of sp³-hybridized carbons (Fsp3) is 0.500. The zero-order chi connectivity index (χ0) is 12.0. The highest BCUT2D eigenvalue weighted by Gasteiger charge is 2.11. The fourth-order valence-electron chi connectivity index (χ4n) is 1.13. The third-order valence-electron chi connectivity index (χ3n) is 1.97. The van der Waals surface area contributed by atoms with E-state index in [2.05, 4.69) is 21.2 Å². The zero-order valence-electron chi connectivity index (χ0n) is 9.16. The molecule has 0 saturated heterocycles. The largest absolute Gasteiger partial charge is 0.382 e. The molecule has 6 heteroatoms. The smallest absolute Gasteiger partial charge is 0.261 e. The van der Waals surface area contributed by atoms with Crippen molar-refractivity contribution in [2.75, 3.05) is 27.4 Å². The van der Waals surface area contributed by atoms with E-state index in [1.807, 2.05) is 6.07 Å². The van der Waals surface area contributed by atoms with Gasteiger partial charge in [0.2, 0.25) is 0 Å². The molecule has 90 valence electrons. The molecular weight excluding hydrogens is 294 g/mol. The molecule has 1 aromatic rings. The van der Waals surface area contributed by atoms with Gasteiger partial charge in [-0.25, -0.2) is 0 Å². The maximum absolute atomic E-state index is 11.7. The molecule has 1 amide bonds. The summed E-state index contributed by atoms with van der Waals surface area (Å²) in [6, 6.07) is 3.63. The molecule has 1 unspecified atom stereocenters. The lowest BCUT2D eigenvalue weighted by molar-refractivity contribution is 0.0286. The zero-order valence-corrected chi connectivity index (χ0v) is 11.6. The Morgan fingerprint density at radius 2 is 2.31 bits per heavy atom. The highest BCUT2D eigenvalue weighted by molar-refractivity contribution is 9.11. The number of rotatable bonds is 6. The number of nitrogens with one attached hydrogen (secondary N) is 1. The molecule has 0 radical (unpaired) electrons. The molecule has 0 aliphatic heterocycles. The van der Waals surface area contributed by atoms with Gasteiger partial charge in [-0.3, -0.25) is 4.79 Å². The summed E-state index contributed by atoms with van der Waals surface area (Å²) >= 11 is 4.71. The Kier molecular flexibility index (Phi) is 5.97. The van der Waals surface area contributed by atoms with Crippen molar-refractivity contribution >= 4 is 33.2 Å². The van der Waals surface area contributed by atoms with Gasteiger partial charge in [-0.2, -0.15) is 0 Å². The van der Waals surface area contributed by atoms with E-state index in [0.29, 0.717) is 18.0 Å². The lowest BCUT2D eigenvalue weighted by Crippen LogP contribution is -2.35.